The smallest absolute Gasteiger partial charge is 0.253 e. The van der Waals surface area contributed by atoms with Crippen LogP contribution < -0.4 is 11.2 Å². The van der Waals surface area contributed by atoms with Crippen molar-refractivity contribution >= 4 is 11.6 Å². The van der Waals surface area contributed by atoms with Crippen LogP contribution in [0, 0.1) is 29.6 Å². The summed E-state index contributed by atoms with van der Waals surface area (Å²) in [6.07, 6.45) is 14.6. The van der Waals surface area contributed by atoms with Gasteiger partial charge in [0, 0.05) is 5.41 Å². The van der Waals surface area contributed by atoms with E-state index in [2.05, 4.69) is 42.4 Å². The standard InChI is InChI=1S/C19H27N3O2/c1-4-17(23)9-13(2)14-5-6-15-10-16(21-22-18(24)12-20)7-8-19(15,3)11-14/h1,7-8,10,13-14,17,23H,5-6,9,11-12,20H2,2-3H3,(H,22,24)/b21-16+/t13?,14-,17-,19-/m1/s1. The Bertz CT molecular complexity index is 615. The van der Waals surface area contributed by atoms with Gasteiger partial charge in [-0.2, -0.15) is 5.10 Å². The zero-order valence-corrected chi connectivity index (χ0v) is 14.5. The van der Waals surface area contributed by atoms with Crippen LogP contribution in [-0.4, -0.2) is 29.4 Å². The second kappa shape index (κ2) is 7.78. The largest absolute Gasteiger partial charge is 0.380 e. The number of nitrogens with two attached hydrogens (primary N) is 1. The van der Waals surface area contributed by atoms with Crippen molar-refractivity contribution in [1.29, 1.82) is 0 Å². The number of hydrogen-bond acceptors (Lipinski definition) is 4. The number of hydrogen-bond donors (Lipinski definition) is 3. The molecule has 1 amide bonds. The molecule has 0 aliphatic heterocycles. The van der Waals surface area contributed by atoms with Gasteiger partial charge in [0.15, 0.2) is 0 Å². The molecular weight excluding hydrogens is 302 g/mol. The second-order valence-corrected chi connectivity index (χ2v) is 7.09. The average Bonchev–Trinajstić information content (AvgIpc) is 2.58. The average molecular weight is 329 g/mol. The summed E-state index contributed by atoms with van der Waals surface area (Å²) in [7, 11) is 0. The van der Waals surface area contributed by atoms with Crippen molar-refractivity contribution in [2.24, 2.45) is 28.1 Å². The molecule has 4 N–H and O–H groups in total. The van der Waals surface area contributed by atoms with E-state index in [0.29, 0.717) is 18.3 Å². The molecule has 0 aromatic carbocycles. The van der Waals surface area contributed by atoms with Crippen LogP contribution in [0.1, 0.15) is 39.5 Å². The summed E-state index contributed by atoms with van der Waals surface area (Å²) in [5.74, 6) is 3.03. The number of nitrogens with one attached hydrogen (secondary N) is 1. The Morgan fingerprint density at radius 2 is 2.42 bits per heavy atom. The Hall–Kier alpha value is -1.90. The maximum absolute atomic E-state index is 11.2. The number of terminal acetylenes is 1. The molecule has 0 bridgehead atoms. The monoisotopic (exact) mass is 329 g/mol. The number of rotatable bonds is 5. The summed E-state index contributed by atoms with van der Waals surface area (Å²) in [6.45, 7) is 4.34. The van der Waals surface area contributed by atoms with Gasteiger partial charge in [0.25, 0.3) is 5.91 Å². The number of aliphatic hydroxyl groups is 1. The van der Waals surface area contributed by atoms with E-state index in [1.54, 1.807) is 0 Å². The lowest BCUT2D eigenvalue weighted by molar-refractivity contribution is -0.119. The summed E-state index contributed by atoms with van der Waals surface area (Å²) in [6, 6.07) is 0. The first-order chi connectivity index (χ1) is 11.4. The lowest BCUT2D eigenvalue weighted by atomic mass is 9.62. The maximum Gasteiger partial charge on any atom is 0.253 e. The predicted octanol–water partition coefficient (Wildman–Crippen LogP) is 1.74. The third kappa shape index (κ3) is 4.34. The van der Waals surface area contributed by atoms with E-state index < -0.39 is 6.10 Å². The molecule has 5 nitrogen and oxygen atoms in total. The van der Waals surface area contributed by atoms with Gasteiger partial charge in [0.1, 0.15) is 6.10 Å². The zero-order valence-electron chi connectivity index (χ0n) is 14.5. The Labute approximate surface area is 144 Å². The number of amides is 1. The Balaban J connectivity index is 2.04. The van der Waals surface area contributed by atoms with Crippen LogP contribution in [0.3, 0.4) is 0 Å². The second-order valence-electron chi connectivity index (χ2n) is 7.09. The van der Waals surface area contributed by atoms with Crippen LogP contribution in [0.25, 0.3) is 0 Å². The SMILES string of the molecule is C#C[C@@H](O)CC(C)[C@@H]1CCC2=C/C(=N/NC(=O)CN)C=C[C@]2(C)C1. The van der Waals surface area contributed by atoms with Gasteiger partial charge < -0.3 is 10.8 Å². The lowest BCUT2D eigenvalue weighted by Crippen LogP contribution is -2.33. The highest BCUT2D eigenvalue weighted by Gasteiger charge is 2.37. The van der Waals surface area contributed by atoms with Crippen molar-refractivity contribution in [2.45, 2.75) is 45.6 Å². The third-order valence-electron chi connectivity index (χ3n) is 5.24. The number of nitrogens with zero attached hydrogens (tertiary/aromatic N) is 1. The molecule has 24 heavy (non-hydrogen) atoms. The van der Waals surface area contributed by atoms with Crippen LogP contribution >= 0.6 is 0 Å². The van der Waals surface area contributed by atoms with E-state index in [1.807, 2.05) is 6.08 Å². The Morgan fingerprint density at radius 3 is 3.08 bits per heavy atom. The van der Waals surface area contributed by atoms with Crippen LogP contribution in [0.15, 0.2) is 28.9 Å². The highest BCUT2D eigenvalue weighted by Crippen LogP contribution is 2.48. The van der Waals surface area contributed by atoms with E-state index in [-0.39, 0.29) is 17.9 Å². The molecule has 2 aliphatic carbocycles. The zero-order chi connectivity index (χ0) is 17.7. The highest BCUT2D eigenvalue weighted by molar-refractivity contribution is 6.06. The minimum Gasteiger partial charge on any atom is -0.380 e. The van der Waals surface area contributed by atoms with Crippen LogP contribution in [0.4, 0.5) is 0 Å². The molecule has 1 fully saturated rings. The van der Waals surface area contributed by atoms with Gasteiger partial charge in [0.2, 0.25) is 0 Å². The van der Waals surface area contributed by atoms with Gasteiger partial charge in [-0.3, -0.25) is 4.79 Å². The maximum atomic E-state index is 11.2. The van der Waals surface area contributed by atoms with Crippen molar-refractivity contribution in [1.82, 2.24) is 5.43 Å². The number of allylic oxidation sites excluding steroid dienone is 4. The molecule has 0 radical (unpaired) electrons. The molecule has 2 aliphatic rings. The Kier molecular flexibility index (Phi) is 5.98. The molecule has 0 aromatic heterocycles. The topological polar surface area (TPSA) is 87.7 Å². The lowest BCUT2D eigenvalue weighted by Gasteiger charge is -2.42. The molecule has 0 saturated heterocycles. The van der Waals surface area contributed by atoms with Crippen LogP contribution in [0.5, 0.6) is 0 Å². The van der Waals surface area contributed by atoms with Gasteiger partial charge >= 0.3 is 0 Å². The molecule has 0 aromatic rings. The van der Waals surface area contributed by atoms with E-state index >= 15 is 0 Å². The molecule has 4 atom stereocenters. The summed E-state index contributed by atoms with van der Waals surface area (Å²) in [4.78, 5) is 11.2. The molecule has 130 valence electrons. The van der Waals surface area contributed by atoms with E-state index in [9.17, 15) is 9.90 Å². The fraction of sp³-hybridized carbons (Fsp3) is 0.579. The number of carbonyl (C=O) groups excluding carboxylic acids is 1. The molecule has 0 heterocycles. The van der Waals surface area contributed by atoms with Crippen molar-refractivity contribution in [3.8, 4) is 12.3 Å². The number of hydrazone groups is 1. The molecule has 1 unspecified atom stereocenters. The van der Waals surface area contributed by atoms with E-state index in [4.69, 9.17) is 12.2 Å². The third-order valence-corrected chi connectivity index (χ3v) is 5.24. The van der Waals surface area contributed by atoms with Crippen molar-refractivity contribution in [2.75, 3.05) is 6.54 Å². The molecule has 1 saturated carbocycles. The van der Waals surface area contributed by atoms with Gasteiger partial charge in [-0.25, -0.2) is 5.43 Å². The predicted molar refractivity (Wildman–Crippen MR) is 95.9 cm³/mol. The van der Waals surface area contributed by atoms with Crippen molar-refractivity contribution in [3.05, 3.63) is 23.8 Å². The van der Waals surface area contributed by atoms with Crippen LogP contribution in [0.2, 0.25) is 0 Å². The number of fused-ring (bicyclic) bond motifs is 1. The fourth-order valence-electron chi connectivity index (χ4n) is 3.65. The van der Waals surface area contributed by atoms with Gasteiger partial charge in [0.05, 0.1) is 12.3 Å². The summed E-state index contributed by atoms with van der Waals surface area (Å²) in [5, 5.41) is 13.8. The van der Waals surface area contributed by atoms with Gasteiger partial charge in [-0.15, -0.1) is 6.42 Å². The first-order valence-electron chi connectivity index (χ1n) is 8.49. The number of carbonyl (C=O) groups is 1. The van der Waals surface area contributed by atoms with Crippen molar-refractivity contribution in [3.63, 3.8) is 0 Å². The van der Waals surface area contributed by atoms with Crippen LogP contribution in [-0.2, 0) is 4.79 Å². The first-order valence-corrected chi connectivity index (χ1v) is 8.49. The minimum atomic E-state index is -0.656. The summed E-state index contributed by atoms with van der Waals surface area (Å²) in [5.41, 5.74) is 9.80. The molecular formula is C19H27N3O2. The quantitative estimate of drug-likeness (QED) is 0.530. The minimum absolute atomic E-state index is 0.00910. The summed E-state index contributed by atoms with van der Waals surface area (Å²) >= 11 is 0. The van der Waals surface area contributed by atoms with Gasteiger partial charge in [-0.05, 0) is 49.7 Å². The fourth-order valence-corrected chi connectivity index (χ4v) is 3.65. The van der Waals surface area contributed by atoms with Crippen molar-refractivity contribution < 1.29 is 9.90 Å². The number of aliphatic hydroxyl groups excluding tert-OH is 1. The van der Waals surface area contributed by atoms with E-state index in [0.717, 1.165) is 25.0 Å². The molecule has 2 rings (SSSR count). The Morgan fingerprint density at radius 1 is 1.67 bits per heavy atom. The normalized spacial score (nSPS) is 30.0. The van der Waals surface area contributed by atoms with E-state index in [1.165, 1.54) is 5.57 Å². The first kappa shape index (κ1) is 18.4. The van der Waals surface area contributed by atoms with Gasteiger partial charge in [-0.1, -0.05) is 31.4 Å². The highest BCUT2D eigenvalue weighted by atomic mass is 16.3. The molecule has 5 heteroatoms. The molecule has 0 spiro atoms. The summed E-state index contributed by atoms with van der Waals surface area (Å²) < 4.78 is 0.